The van der Waals surface area contributed by atoms with E-state index < -0.39 is 41.0 Å². The Balaban J connectivity index is 1.61. The monoisotopic (exact) mass is 531 g/mol. The Hall–Kier alpha value is -4.07. The molecule has 2 aliphatic heterocycles. The first-order chi connectivity index (χ1) is 18.6. The summed E-state index contributed by atoms with van der Waals surface area (Å²) in [5.74, 6) is 3.09. The van der Waals surface area contributed by atoms with Crippen molar-refractivity contribution in [2.24, 2.45) is 0 Å². The Kier molecular flexibility index (Phi) is 5.64. The van der Waals surface area contributed by atoms with Crippen LogP contribution >= 0.6 is 0 Å². The van der Waals surface area contributed by atoms with E-state index >= 15 is 0 Å². The van der Waals surface area contributed by atoms with Crippen LogP contribution in [0, 0.1) is 24.6 Å². The van der Waals surface area contributed by atoms with E-state index in [1.54, 1.807) is 19.9 Å². The van der Waals surface area contributed by atoms with Gasteiger partial charge in [0.1, 0.15) is 12.4 Å². The number of carbonyl (C=O) groups excluding carboxylic acids is 2. The number of benzene rings is 1. The van der Waals surface area contributed by atoms with Gasteiger partial charge in [0, 0.05) is 22.6 Å². The molecule has 0 fully saturated rings. The van der Waals surface area contributed by atoms with E-state index in [1.807, 2.05) is 0 Å². The van der Waals surface area contributed by atoms with Crippen LogP contribution < -0.4 is 10.9 Å². The van der Waals surface area contributed by atoms with Gasteiger partial charge in [0.15, 0.2) is 11.7 Å². The molecule has 0 saturated carbocycles. The highest BCUT2D eigenvalue weighted by molar-refractivity contribution is 5.94. The highest BCUT2D eigenvalue weighted by atomic mass is 19.1. The van der Waals surface area contributed by atoms with Gasteiger partial charge in [-0.05, 0) is 55.9 Å². The number of esters is 1. The van der Waals surface area contributed by atoms with E-state index in [2.05, 4.69) is 17.2 Å². The highest BCUT2D eigenvalue weighted by Crippen LogP contribution is 2.45. The molecule has 0 saturated heterocycles. The molecule has 1 aliphatic carbocycles. The molecule has 10 heteroatoms. The van der Waals surface area contributed by atoms with Gasteiger partial charge in [-0.3, -0.25) is 9.59 Å². The van der Waals surface area contributed by atoms with Crippen LogP contribution in [0.3, 0.4) is 0 Å². The molecule has 200 valence electrons. The number of carbonyl (C=O) groups is 2. The lowest BCUT2D eigenvalue weighted by atomic mass is 9.81. The van der Waals surface area contributed by atoms with E-state index in [0.29, 0.717) is 46.4 Å². The summed E-state index contributed by atoms with van der Waals surface area (Å²) in [7, 11) is 0. The van der Waals surface area contributed by atoms with Crippen LogP contribution in [-0.2, 0) is 39.5 Å². The number of aryl methyl sites for hydroxylation is 1. The topological polar surface area (TPSA) is 131 Å². The van der Waals surface area contributed by atoms with Crippen molar-refractivity contribution in [3.63, 3.8) is 0 Å². The van der Waals surface area contributed by atoms with Crippen molar-refractivity contribution in [1.82, 2.24) is 14.9 Å². The standard InChI is InChI=1S/C29H26FN3O6/c1-4-6-22(34)26(35)32-19-8-7-14-13(3)18(30)10-20-23(14)24(19)15-11-33-21(25(15)31-20)9-17-16(27(33)36)12-39-28(37)29(17,38)5-2/h9-10,19,22,34,38H,5,7-8,11-12H2,1-3H3,(H,32,35)/t19-,22-,29-/m0/s1. The fraction of sp³-hybridized carbons (Fsp3) is 0.379. The van der Waals surface area contributed by atoms with Gasteiger partial charge in [0.05, 0.1) is 35.1 Å². The number of fused-ring (bicyclic) bond motifs is 5. The number of aromatic nitrogens is 2. The SMILES string of the molecule is CC#C[C@H](O)C(=O)N[C@H]1CCc2c(C)c(F)cc3nc4c(c1c23)Cn1c-4cc2c(c1=O)COC(=O)[C@]2(O)CC. The third-order valence-electron chi connectivity index (χ3n) is 8.22. The van der Waals surface area contributed by atoms with Gasteiger partial charge in [-0.25, -0.2) is 14.2 Å². The molecule has 0 radical (unpaired) electrons. The fourth-order valence-electron chi connectivity index (χ4n) is 6.15. The first kappa shape index (κ1) is 25.2. The summed E-state index contributed by atoms with van der Waals surface area (Å²) in [6.45, 7) is 4.74. The number of aliphatic hydroxyl groups is 2. The summed E-state index contributed by atoms with van der Waals surface area (Å²) in [5.41, 5.74) is 1.86. The molecule has 3 aromatic rings. The maximum Gasteiger partial charge on any atom is 0.343 e. The molecular formula is C29H26FN3O6. The number of cyclic esters (lactones) is 1. The Morgan fingerprint density at radius 3 is 2.82 bits per heavy atom. The quantitative estimate of drug-likeness (QED) is 0.272. The normalized spacial score (nSPS) is 21.3. The molecule has 2 aromatic heterocycles. The van der Waals surface area contributed by atoms with Crippen molar-refractivity contribution >= 4 is 22.8 Å². The predicted octanol–water partition coefficient (Wildman–Crippen LogP) is 2.01. The Labute approximate surface area is 222 Å². The predicted molar refractivity (Wildman–Crippen MR) is 138 cm³/mol. The largest absolute Gasteiger partial charge is 0.458 e. The summed E-state index contributed by atoms with van der Waals surface area (Å²) in [5, 5.41) is 24.9. The maximum atomic E-state index is 15.0. The molecule has 3 N–H and O–H groups in total. The number of amides is 1. The lowest BCUT2D eigenvalue weighted by Crippen LogP contribution is -2.44. The molecule has 0 unspecified atom stereocenters. The Morgan fingerprint density at radius 1 is 1.33 bits per heavy atom. The second-order valence-corrected chi connectivity index (χ2v) is 10.2. The molecule has 1 amide bonds. The van der Waals surface area contributed by atoms with Gasteiger partial charge >= 0.3 is 5.97 Å². The van der Waals surface area contributed by atoms with Crippen LogP contribution in [0.4, 0.5) is 4.39 Å². The highest BCUT2D eigenvalue weighted by Gasteiger charge is 2.46. The zero-order valence-corrected chi connectivity index (χ0v) is 21.6. The van der Waals surface area contributed by atoms with Crippen molar-refractivity contribution in [1.29, 1.82) is 0 Å². The average Bonchev–Trinajstić information content (AvgIpc) is 3.29. The van der Waals surface area contributed by atoms with Gasteiger partial charge in [-0.1, -0.05) is 12.8 Å². The third kappa shape index (κ3) is 3.46. The van der Waals surface area contributed by atoms with Crippen LogP contribution in [0.1, 0.15) is 66.1 Å². The van der Waals surface area contributed by atoms with Crippen LogP contribution in [0.25, 0.3) is 22.3 Å². The third-order valence-corrected chi connectivity index (χ3v) is 8.22. The Bertz CT molecular complexity index is 1750. The summed E-state index contributed by atoms with van der Waals surface area (Å²) in [6, 6.07) is 2.40. The first-order valence-electron chi connectivity index (χ1n) is 12.8. The zero-order valence-electron chi connectivity index (χ0n) is 21.6. The lowest BCUT2D eigenvalue weighted by molar-refractivity contribution is -0.172. The number of hydrogen-bond donors (Lipinski definition) is 3. The molecule has 9 nitrogen and oxygen atoms in total. The number of pyridine rings is 2. The molecule has 0 spiro atoms. The van der Waals surface area contributed by atoms with Crippen molar-refractivity contribution in [3.8, 4) is 23.2 Å². The number of hydrogen-bond acceptors (Lipinski definition) is 7. The van der Waals surface area contributed by atoms with Gasteiger partial charge in [-0.2, -0.15) is 0 Å². The van der Waals surface area contributed by atoms with Crippen LogP contribution in [0.2, 0.25) is 0 Å². The summed E-state index contributed by atoms with van der Waals surface area (Å²) < 4.78 is 21.6. The fourth-order valence-corrected chi connectivity index (χ4v) is 6.15. The molecule has 1 aromatic carbocycles. The number of rotatable bonds is 3. The van der Waals surface area contributed by atoms with Crippen molar-refractivity contribution in [3.05, 3.63) is 61.7 Å². The van der Waals surface area contributed by atoms with Gasteiger partial charge < -0.3 is 24.8 Å². The number of nitrogens with one attached hydrogen (secondary N) is 1. The minimum Gasteiger partial charge on any atom is -0.458 e. The number of halogens is 1. The van der Waals surface area contributed by atoms with Crippen molar-refractivity contribution in [2.45, 2.75) is 70.9 Å². The second-order valence-electron chi connectivity index (χ2n) is 10.2. The molecule has 39 heavy (non-hydrogen) atoms. The summed E-state index contributed by atoms with van der Waals surface area (Å²) in [6.07, 6.45) is -0.568. The van der Waals surface area contributed by atoms with Crippen LogP contribution in [0.15, 0.2) is 16.9 Å². The van der Waals surface area contributed by atoms with E-state index in [-0.39, 0.29) is 30.7 Å². The first-order valence-corrected chi connectivity index (χ1v) is 12.8. The van der Waals surface area contributed by atoms with Crippen LogP contribution in [0.5, 0.6) is 0 Å². The smallest absolute Gasteiger partial charge is 0.343 e. The average molecular weight is 532 g/mol. The number of aliphatic hydroxyl groups excluding tert-OH is 1. The summed E-state index contributed by atoms with van der Waals surface area (Å²) >= 11 is 0. The van der Waals surface area contributed by atoms with E-state index in [1.165, 1.54) is 17.6 Å². The van der Waals surface area contributed by atoms with E-state index in [0.717, 1.165) is 10.9 Å². The minimum absolute atomic E-state index is 0.00984. The lowest BCUT2D eigenvalue weighted by Gasteiger charge is -2.31. The molecule has 6 rings (SSSR count). The molecule has 3 aliphatic rings. The van der Waals surface area contributed by atoms with Gasteiger partial charge in [0.2, 0.25) is 0 Å². The second kappa shape index (κ2) is 8.73. The van der Waals surface area contributed by atoms with E-state index in [4.69, 9.17) is 9.72 Å². The van der Waals surface area contributed by atoms with Crippen LogP contribution in [-0.4, -0.2) is 37.7 Å². The zero-order chi connectivity index (χ0) is 27.8. The van der Waals surface area contributed by atoms with Gasteiger partial charge in [-0.15, -0.1) is 5.92 Å². The van der Waals surface area contributed by atoms with Crippen molar-refractivity contribution in [2.75, 3.05) is 0 Å². The molecule has 3 atom stereocenters. The van der Waals surface area contributed by atoms with E-state index in [9.17, 15) is 29.0 Å². The number of ether oxygens (including phenoxy) is 1. The van der Waals surface area contributed by atoms with Crippen molar-refractivity contribution < 1.29 is 28.9 Å². The summed E-state index contributed by atoms with van der Waals surface area (Å²) in [4.78, 5) is 43.7. The molecule has 4 heterocycles. The molecule has 0 bridgehead atoms. The maximum absolute atomic E-state index is 15.0. The minimum atomic E-state index is -1.97. The molecular weight excluding hydrogens is 505 g/mol. The Morgan fingerprint density at radius 2 is 2.10 bits per heavy atom. The van der Waals surface area contributed by atoms with Gasteiger partial charge in [0.25, 0.3) is 11.5 Å². The number of nitrogens with zero attached hydrogens (tertiary/aromatic N) is 2.